The van der Waals surface area contributed by atoms with Gasteiger partial charge in [-0.15, -0.1) is 0 Å². The molecule has 2 heterocycles. The van der Waals surface area contributed by atoms with Crippen LogP contribution in [0.3, 0.4) is 0 Å². The monoisotopic (exact) mass is 238 g/mol. The highest BCUT2D eigenvalue weighted by molar-refractivity contribution is 5.87. The Balaban J connectivity index is 1.80. The number of pyridine rings is 1. The number of hydrogen-bond donors (Lipinski definition) is 1. The molecule has 3 rings (SSSR count). The van der Waals surface area contributed by atoms with Crippen LogP contribution < -0.4 is 5.32 Å². The van der Waals surface area contributed by atoms with Gasteiger partial charge in [0, 0.05) is 12.7 Å². The van der Waals surface area contributed by atoms with Crippen LogP contribution in [0.15, 0.2) is 53.3 Å². The lowest BCUT2D eigenvalue weighted by Gasteiger charge is -2.06. The summed E-state index contributed by atoms with van der Waals surface area (Å²) < 4.78 is 5.35. The lowest BCUT2D eigenvalue weighted by molar-refractivity contribution is 0.615. The second-order valence-corrected chi connectivity index (χ2v) is 4.33. The predicted molar refractivity (Wildman–Crippen MR) is 72.5 cm³/mol. The molecule has 0 radical (unpaired) electrons. The second-order valence-electron chi connectivity index (χ2n) is 4.33. The summed E-state index contributed by atoms with van der Waals surface area (Å²) in [7, 11) is 0. The van der Waals surface area contributed by atoms with Gasteiger partial charge in [-0.05, 0) is 24.6 Å². The summed E-state index contributed by atoms with van der Waals surface area (Å²) in [6.07, 6.45) is 3.44. The molecule has 0 atom stereocenters. The van der Waals surface area contributed by atoms with Gasteiger partial charge in [0.05, 0.1) is 11.6 Å². The van der Waals surface area contributed by atoms with Crippen LogP contribution in [0.4, 0.5) is 5.82 Å². The van der Waals surface area contributed by atoms with E-state index in [1.54, 1.807) is 12.5 Å². The molecule has 0 saturated heterocycles. The molecule has 3 heteroatoms. The normalized spacial score (nSPS) is 10.7. The maximum Gasteiger partial charge on any atom is 0.139 e. The first-order chi connectivity index (χ1) is 8.83. The quantitative estimate of drug-likeness (QED) is 0.755. The summed E-state index contributed by atoms with van der Waals surface area (Å²) in [5.41, 5.74) is 3.37. The summed E-state index contributed by atoms with van der Waals surface area (Å²) in [6.45, 7) is 2.85. The number of furan rings is 1. The van der Waals surface area contributed by atoms with Crippen LogP contribution in [0.5, 0.6) is 0 Å². The van der Waals surface area contributed by atoms with Crippen molar-refractivity contribution in [2.24, 2.45) is 0 Å². The number of aromatic nitrogens is 1. The van der Waals surface area contributed by atoms with Crippen molar-refractivity contribution >= 4 is 16.8 Å². The summed E-state index contributed by atoms with van der Waals surface area (Å²) >= 11 is 0. The number of hydrogen-bond acceptors (Lipinski definition) is 3. The maximum atomic E-state index is 5.35. The topological polar surface area (TPSA) is 38.1 Å². The average molecular weight is 238 g/mol. The minimum atomic E-state index is 0.761. The standard InChI is InChI=1S/C15H14N2O/c1-11-2-4-12(5-3-11)10-17-15-13-7-9-18-14(13)6-8-16-15/h2-9H,10H2,1H3,(H,16,17). The number of aryl methyl sites for hydroxylation is 1. The minimum absolute atomic E-state index is 0.761. The van der Waals surface area contributed by atoms with Crippen LogP contribution in [0.25, 0.3) is 11.0 Å². The van der Waals surface area contributed by atoms with E-state index >= 15 is 0 Å². The highest BCUT2D eigenvalue weighted by atomic mass is 16.3. The molecule has 0 saturated carbocycles. The van der Waals surface area contributed by atoms with Crippen molar-refractivity contribution in [2.75, 3.05) is 5.32 Å². The third-order valence-electron chi connectivity index (χ3n) is 2.96. The molecule has 0 amide bonds. The Labute approximate surface area is 105 Å². The van der Waals surface area contributed by atoms with Gasteiger partial charge in [-0.2, -0.15) is 0 Å². The molecular weight excluding hydrogens is 224 g/mol. The van der Waals surface area contributed by atoms with Crippen LogP contribution in [-0.4, -0.2) is 4.98 Å². The van der Waals surface area contributed by atoms with Crippen LogP contribution in [0.1, 0.15) is 11.1 Å². The molecule has 3 nitrogen and oxygen atoms in total. The average Bonchev–Trinajstić information content (AvgIpc) is 2.87. The molecule has 3 aromatic rings. The molecule has 0 unspecified atom stereocenters. The lowest BCUT2D eigenvalue weighted by atomic mass is 10.1. The Morgan fingerprint density at radius 2 is 1.94 bits per heavy atom. The molecule has 0 aliphatic carbocycles. The zero-order chi connectivity index (χ0) is 12.4. The zero-order valence-electron chi connectivity index (χ0n) is 10.2. The molecule has 90 valence electrons. The van der Waals surface area contributed by atoms with Crippen molar-refractivity contribution < 1.29 is 4.42 Å². The Bertz CT molecular complexity index is 656. The summed E-state index contributed by atoms with van der Waals surface area (Å²) in [4.78, 5) is 4.34. The van der Waals surface area contributed by atoms with Gasteiger partial charge in [0.15, 0.2) is 0 Å². The summed E-state index contributed by atoms with van der Waals surface area (Å²) in [6, 6.07) is 12.3. The van der Waals surface area contributed by atoms with Gasteiger partial charge < -0.3 is 9.73 Å². The van der Waals surface area contributed by atoms with Crippen molar-refractivity contribution in [2.45, 2.75) is 13.5 Å². The van der Waals surface area contributed by atoms with E-state index in [-0.39, 0.29) is 0 Å². The van der Waals surface area contributed by atoms with Crippen LogP contribution in [-0.2, 0) is 6.54 Å². The second kappa shape index (κ2) is 4.53. The van der Waals surface area contributed by atoms with Crippen LogP contribution >= 0.6 is 0 Å². The minimum Gasteiger partial charge on any atom is -0.464 e. The fourth-order valence-electron chi connectivity index (χ4n) is 1.93. The van der Waals surface area contributed by atoms with Crippen molar-refractivity contribution in [3.63, 3.8) is 0 Å². The SMILES string of the molecule is Cc1ccc(CNc2nccc3occc23)cc1. The fourth-order valence-corrected chi connectivity index (χ4v) is 1.93. The Morgan fingerprint density at radius 1 is 1.11 bits per heavy atom. The summed E-state index contributed by atoms with van der Waals surface area (Å²) in [5, 5.41) is 4.36. The molecule has 2 aromatic heterocycles. The highest BCUT2D eigenvalue weighted by Gasteiger charge is 2.03. The van der Waals surface area contributed by atoms with E-state index in [4.69, 9.17) is 4.42 Å². The molecular formula is C15H14N2O. The Hall–Kier alpha value is -2.29. The van der Waals surface area contributed by atoms with Crippen LogP contribution in [0.2, 0.25) is 0 Å². The molecule has 0 fully saturated rings. The maximum absolute atomic E-state index is 5.35. The smallest absolute Gasteiger partial charge is 0.139 e. The first-order valence-electron chi connectivity index (χ1n) is 5.94. The molecule has 0 spiro atoms. The number of nitrogens with one attached hydrogen (secondary N) is 1. The van der Waals surface area contributed by atoms with Gasteiger partial charge in [0.2, 0.25) is 0 Å². The molecule has 18 heavy (non-hydrogen) atoms. The Kier molecular flexibility index (Phi) is 2.73. The molecule has 0 bridgehead atoms. The van der Waals surface area contributed by atoms with Crippen molar-refractivity contribution in [1.82, 2.24) is 4.98 Å². The number of benzene rings is 1. The molecule has 0 aliphatic rings. The summed E-state index contributed by atoms with van der Waals surface area (Å²) in [5.74, 6) is 0.863. The molecule has 0 aliphatic heterocycles. The Morgan fingerprint density at radius 3 is 2.78 bits per heavy atom. The first-order valence-corrected chi connectivity index (χ1v) is 5.94. The van der Waals surface area contributed by atoms with Gasteiger partial charge in [-0.25, -0.2) is 4.98 Å². The predicted octanol–water partition coefficient (Wildman–Crippen LogP) is 3.75. The van der Waals surface area contributed by atoms with E-state index < -0.39 is 0 Å². The van der Waals surface area contributed by atoms with E-state index in [1.807, 2.05) is 12.1 Å². The molecule has 1 aromatic carbocycles. The lowest BCUT2D eigenvalue weighted by Crippen LogP contribution is -2.01. The fraction of sp³-hybridized carbons (Fsp3) is 0.133. The molecule has 1 N–H and O–H groups in total. The van der Waals surface area contributed by atoms with E-state index in [0.717, 1.165) is 23.3 Å². The zero-order valence-corrected chi connectivity index (χ0v) is 10.2. The number of nitrogens with zero attached hydrogens (tertiary/aromatic N) is 1. The largest absolute Gasteiger partial charge is 0.464 e. The third-order valence-corrected chi connectivity index (χ3v) is 2.96. The van der Waals surface area contributed by atoms with E-state index in [0.29, 0.717) is 0 Å². The van der Waals surface area contributed by atoms with Gasteiger partial charge in [0.25, 0.3) is 0 Å². The number of fused-ring (bicyclic) bond motifs is 1. The van der Waals surface area contributed by atoms with Crippen molar-refractivity contribution in [3.8, 4) is 0 Å². The number of rotatable bonds is 3. The number of anilines is 1. The third kappa shape index (κ3) is 2.07. The van der Waals surface area contributed by atoms with Crippen LogP contribution in [0, 0.1) is 6.92 Å². The van der Waals surface area contributed by atoms with E-state index in [1.165, 1.54) is 11.1 Å². The van der Waals surface area contributed by atoms with Gasteiger partial charge in [0.1, 0.15) is 11.4 Å². The first kappa shape index (κ1) is 10.8. The van der Waals surface area contributed by atoms with Crippen molar-refractivity contribution in [3.05, 3.63) is 60.0 Å². The van der Waals surface area contributed by atoms with Crippen molar-refractivity contribution in [1.29, 1.82) is 0 Å². The van der Waals surface area contributed by atoms with E-state index in [9.17, 15) is 0 Å². The highest BCUT2D eigenvalue weighted by Crippen LogP contribution is 2.22. The van der Waals surface area contributed by atoms with Gasteiger partial charge in [-0.1, -0.05) is 29.8 Å². The van der Waals surface area contributed by atoms with Gasteiger partial charge >= 0.3 is 0 Å². The van der Waals surface area contributed by atoms with Gasteiger partial charge in [-0.3, -0.25) is 0 Å². The van der Waals surface area contributed by atoms with E-state index in [2.05, 4.69) is 41.5 Å².